The number of methoxy groups -OCH3 is 1. The number of hydrogen-bond acceptors (Lipinski definition) is 4. The van der Waals surface area contributed by atoms with Gasteiger partial charge in [0.1, 0.15) is 5.75 Å². The minimum absolute atomic E-state index is 0.154. The van der Waals surface area contributed by atoms with Crippen molar-refractivity contribution in [2.75, 3.05) is 13.7 Å². The summed E-state index contributed by atoms with van der Waals surface area (Å²) in [6.45, 7) is 7.85. The second kappa shape index (κ2) is 9.33. The Bertz CT molecular complexity index is 670. The Labute approximate surface area is 150 Å². The second-order valence-electron chi connectivity index (χ2n) is 6.71. The van der Waals surface area contributed by atoms with Crippen molar-refractivity contribution >= 4 is 0 Å². The maximum atomic E-state index is 9.54. The molecule has 0 amide bonds. The van der Waals surface area contributed by atoms with E-state index in [0.717, 1.165) is 29.0 Å². The lowest BCUT2D eigenvalue weighted by atomic mass is 10.1. The average molecular weight is 343 g/mol. The number of ether oxygens (including phenoxy) is 2. The number of hydrogen-bond donors (Lipinski definition) is 2. The smallest absolute Gasteiger partial charge is 0.161 e. The number of rotatable bonds is 9. The molecule has 25 heavy (non-hydrogen) atoms. The molecule has 0 fully saturated rings. The molecule has 4 heteroatoms. The first-order valence-corrected chi connectivity index (χ1v) is 8.81. The summed E-state index contributed by atoms with van der Waals surface area (Å²) in [7, 11) is 1.67. The van der Waals surface area contributed by atoms with Crippen molar-refractivity contribution in [3.05, 3.63) is 53.6 Å². The molecule has 0 aromatic heterocycles. The van der Waals surface area contributed by atoms with Gasteiger partial charge in [0.05, 0.1) is 13.7 Å². The van der Waals surface area contributed by atoms with Gasteiger partial charge in [-0.15, -0.1) is 0 Å². The summed E-state index contributed by atoms with van der Waals surface area (Å²) in [6, 6.07) is 13.5. The van der Waals surface area contributed by atoms with E-state index in [4.69, 9.17) is 9.47 Å². The Hall–Kier alpha value is -2.20. The van der Waals surface area contributed by atoms with Crippen LogP contribution in [0.25, 0.3) is 0 Å². The van der Waals surface area contributed by atoms with Crippen molar-refractivity contribution < 1.29 is 14.6 Å². The third-order valence-electron chi connectivity index (χ3n) is 4.16. The molecule has 0 aliphatic carbocycles. The molecule has 0 bridgehead atoms. The zero-order valence-electron chi connectivity index (χ0n) is 15.6. The second-order valence-corrected chi connectivity index (χ2v) is 6.71. The molecule has 0 radical (unpaired) electrons. The van der Waals surface area contributed by atoms with E-state index in [0.29, 0.717) is 19.1 Å². The Balaban J connectivity index is 1.98. The molecule has 136 valence electrons. The molecular formula is C21H29NO3. The first-order valence-electron chi connectivity index (χ1n) is 8.81. The fraction of sp³-hybridized carbons (Fsp3) is 0.429. The minimum Gasteiger partial charge on any atom is -0.508 e. The molecule has 0 aliphatic heterocycles. The maximum Gasteiger partial charge on any atom is 0.161 e. The van der Waals surface area contributed by atoms with Crippen LogP contribution in [0.5, 0.6) is 17.2 Å². The molecule has 0 spiro atoms. The van der Waals surface area contributed by atoms with Gasteiger partial charge in [-0.3, -0.25) is 0 Å². The van der Waals surface area contributed by atoms with E-state index < -0.39 is 0 Å². The normalized spacial score (nSPS) is 12.2. The van der Waals surface area contributed by atoms with Crippen molar-refractivity contribution in [2.45, 2.75) is 39.8 Å². The van der Waals surface area contributed by atoms with Crippen LogP contribution in [0.2, 0.25) is 0 Å². The van der Waals surface area contributed by atoms with Crippen LogP contribution in [-0.4, -0.2) is 18.8 Å². The van der Waals surface area contributed by atoms with E-state index in [1.807, 2.05) is 24.3 Å². The predicted molar refractivity (Wildman–Crippen MR) is 101 cm³/mol. The molecule has 2 aromatic carbocycles. The summed E-state index contributed by atoms with van der Waals surface area (Å²) in [5.41, 5.74) is 2.18. The molecule has 2 aromatic rings. The van der Waals surface area contributed by atoms with Gasteiger partial charge in [0, 0.05) is 12.6 Å². The summed E-state index contributed by atoms with van der Waals surface area (Å²) in [5.74, 6) is 2.45. The highest BCUT2D eigenvalue weighted by atomic mass is 16.5. The van der Waals surface area contributed by atoms with Crippen LogP contribution in [0.1, 0.15) is 44.4 Å². The Morgan fingerprint density at radius 2 is 1.84 bits per heavy atom. The maximum absolute atomic E-state index is 9.54. The van der Waals surface area contributed by atoms with Crippen LogP contribution in [0.3, 0.4) is 0 Å². The third-order valence-corrected chi connectivity index (χ3v) is 4.16. The summed E-state index contributed by atoms with van der Waals surface area (Å²) < 4.78 is 11.3. The molecular weight excluding hydrogens is 314 g/mol. The lowest BCUT2D eigenvalue weighted by Gasteiger charge is -2.17. The lowest BCUT2D eigenvalue weighted by molar-refractivity contribution is 0.272. The van der Waals surface area contributed by atoms with Gasteiger partial charge >= 0.3 is 0 Å². The lowest BCUT2D eigenvalue weighted by Crippen LogP contribution is -2.18. The predicted octanol–water partition coefficient (Wildman–Crippen LogP) is 4.68. The van der Waals surface area contributed by atoms with Crippen molar-refractivity contribution in [2.24, 2.45) is 5.92 Å². The fourth-order valence-electron chi connectivity index (χ4n) is 2.53. The molecule has 0 saturated carbocycles. The summed E-state index contributed by atoms with van der Waals surface area (Å²) in [4.78, 5) is 0. The van der Waals surface area contributed by atoms with Crippen molar-refractivity contribution in [3.63, 3.8) is 0 Å². The number of phenols is 1. The highest BCUT2D eigenvalue weighted by Gasteiger charge is 2.11. The largest absolute Gasteiger partial charge is 0.508 e. The third kappa shape index (κ3) is 5.98. The van der Waals surface area contributed by atoms with Crippen LogP contribution in [0, 0.1) is 5.92 Å². The van der Waals surface area contributed by atoms with Gasteiger partial charge in [-0.05, 0) is 54.7 Å². The summed E-state index contributed by atoms with van der Waals surface area (Å²) >= 11 is 0. The van der Waals surface area contributed by atoms with E-state index in [1.165, 1.54) is 0 Å². The van der Waals surface area contributed by atoms with Gasteiger partial charge in [0.2, 0.25) is 0 Å². The number of aromatic hydroxyl groups is 1. The van der Waals surface area contributed by atoms with E-state index >= 15 is 0 Å². The van der Waals surface area contributed by atoms with Crippen molar-refractivity contribution in [3.8, 4) is 17.2 Å². The van der Waals surface area contributed by atoms with Crippen LogP contribution in [0.4, 0.5) is 0 Å². The summed E-state index contributed by atoms with van der Waals surface area (Å²) in [6.07, 6.45) is 1.02. The van der Waals surface area contributed by atoms with Crippen molar-refractivity contribution in [1.82, 2.24) is 5.32 Å². The highest BCUT2D eigenvalue weighted by molar-refractivity contribution is 5.43. The van der Waals surface area contributed by atoms with Crippen LogP contribution < -0.4 is 14.8 Å². The van der Waals surface area contributed by atoms with Gasteiger partial charge in [0.15, 0.2) is 11.5 Å². The van der Waals surface area contributed by atoms with Gasteiger partial charge in [-0.2, -0.15) is 0 Å². The first kappa shape index (κ1) is 19.1. The number of phenolic OH excluding ortho intramolecular Hbond substituents is 1. The van der Waals surface area contributed by atoms with Crippen LogP contribution >= 0.6 is 0 Å². The highest BCUT2D eigenvalue weighted by Crippen LogP contribution is 2.30. The fourth-order valence-corrected chi connectivity index (χ4v) is 2.53. The standard InChI is InChI=1S/C21H29NO3/c1-15(2)10-11-25-20-9-8-18(13-21(20)24-4)16(3)22-14-17-6-5-7-19(23)12-17/h5-9,12-13,15-16,22-23H,10-11,14H2,1-4H3. The van der Waals surface area contributed by atoms with Crippen molar-refractivity contribution in [1.29, 1.82) is 0 Å². The SMILES string of the molecule is COc1cc(C(C)NCc2cccc(O)c2)ccc1OCCC(C)C. The zero-order valence-corrected chi connectivity index (χ0v) is 15.6. The quantitative estimate of drug-likeness (QED) is 0.694. The van der Waals surface area contributed by atoms with Crippen LogP contribution in [-0.2, 0) is 6.54 Å². The van der Waals surface area contributed by atoms with Gasteiger partial charge in [-0.1, -0.05) is 32.0 Å². The van der Waals surface area contributed by atoms with E-state index in [-0.39, 0.29) is 11.8 Å². The molecule has 1 unspecified atom stereocenters. The first-order chi connectivity index (χ1) is 12.0. The number of benzene rings is 2. The van der Waals surface area contributed by atoms with E-state index in [9.17, 15) is 5.11 Å². The molecule has 1 atom stereocenters. The van der Waals surface area contributed by atoms with E-state index in [2.05, 4.69) is 32.2 Å². The average Bonchev–Trinajstić information content (AvgIpc) is 2.59. The van der Waals surface area contributed by atoms with E-state index in [1.54, 1.807) is 19.2 Å². The zero-order chi connectivity index (χ0) is 18.2. The minimum atomic E-state index is 0.154. The molecule has 0 saturated heterocycles. The monoisotopic (exact) mass is 343 g/mol. The number of nitrogens with one attached hydrogen (secondary N) is 1. The van der Waals surface area contributed by atoms with Gasteiger partial charge < -0.3 is 19.9 Å². The Kier molecular flexibility index (Phi) is 7.14. The molecule has 2 rings (SSSR count). The molecule has 0 aliphatic rings. The Morgan fingerprint density at radius 1 is 1.04 bits per heavy atom. The molecule has 4 nitrogen and oxygen atoms in total. The molecule has 0 heterocycles. The molecule has 2 N–H and O–H groups in total. The van der Waals surface area contributed by atoms with Crippen LogP contribution in [0.15, 0.2) is 42.5 Å². The van der Waals surface area contributed by atoms with Gasteiger partial charge in [0.25, 0.3) is 0 Å². The topological polar surface area (TPSA) is 50.7 Å². The summed E-state index contributed by atoms with van der Waals surface area (Å²) in [5, 5.41) is 13.0. The van der Waals surface area contributed by atoms with Gasteiger partial charge in [-0.25, -0.2) is 0 Å². The Morgan fingerprint density at radius 3 is 2.52 bits per heavy atom.